The zero-order chi connectivity index (χ0) is 17.8. The maximum absolute atomic E-state index is 12.6. The maximum Gasteiger partial charge on any atom is 0.189 e. The highest BCUT2D eigenvalue weighted by Gasteiger charge is 2.32. The quantitative estimate of drug-likeness (QED) is 0.755. The number of hydrogen-bond donors (Lipinski definition) is 0. The van der Waals surface area contributed by atoms with Gasteiger partial charge in [-0.15, -0.1) is 0 Å². The van der Waals surface area contributed by atoms with E-state index in [2.05, 4.69) is 5.10 Å². The van der Waals surface area contributed by atoms with Crippen molar-refractivity contribution >= 4 is 33.3 Å². The van der Waals surface area contributed by atoms with Crippen LogP contribution in [0.5, 0.6) is 0 Å². The lowest BCUT2D eigenvalue weighted by molar-refractivity contribution is 0.104. The minimum Gasteiger partial charge on any atom is -0.289 e. The Labute approximate surface area is 151 Å². The van der Waals surface area contributed by atoms with E-state index in [-0.39, 0.29) is 23.3 Å². The van der Waals surface area contributed by atoms with Gasteiger partial charge in [0.05, 0.1) is 23.2 Å². The van der Waals surface area contributed by atoms with Gasteiger partial charge < -0.3 is 0 Å². The molecule has 1 aromatic heterocycles. The summed E-state index contributed by atoms with van der Waals surface area (Å²) in [5, 5.41) is 4.84. The van der Waals surface area contributed by atoms with Crippen LogP contribution in [0.3, 0.4) is 0 Å². The third-order valence-corrected chi connectivity index (χ3v) is 7.01. The van der Waals surface area contributed by atoms with E-state index in [1.54, 1.807) is 10.8 Å². The number of fused-ring (bicyclic) bond motifs is 1. The SMILES string of the molecule is Cc1nn([C@H]2CCS(=O)(=O)C2)c(Cl)c1/C=C1\Cc2ccccc2C1=O. The van der Waals surface area contributed by atoms with Gasteiger partial charge in [-0.3, -0.25) is 4.79 Å². The lowest BCUT2D eigenvalue weighted by Gasteiger charge is -2.09. The summed E-state index contributed by atoms with van der Waals surface area (Å²) in [6.45, 7) is 1.82. The molecule has 0 unspecified atom stereocenters. The third-order valence-electron chi connectivity index (χ3n) is 4.88. The molecule has 0 spiro atoms. The number of nitrogens with zero attached hydrogens (tertiary/aromatic N) is 2. The average molecular weight is 377 g/mol. The molecule has 1 atom stereocenters. The lowest BCUT2D eigenvalue weighted by Crippen LogP contribution is -2.12. The predicted molar refractivity (Wildman–Crippen MR) is 96.7 cm³/mol. The van der Waals surface area contributed by atoms with Crippen LogP contribution in [-0.4, -0.2) is 35.5 Å². The number of ketones is 1. The van der Waals surface area contributed by atoms with Crippen molar-refractivity contribution in [1.82, 2.24) is 9.78 Å². The third kappa shape index (κ3) is 2.83. The Morgan fingerprint density at radius 2 is 2.08 bits per heavy atom. The average Bonchev–Trinajstić information content (AvgIpc) is 3.18. The normalized spacial score (nSPS) is 23.4. The minimum atomic E-state index is -3.02. The van der Waals surface area contributed by atoms with Gasteiger partial charge in [0.2, 0.25) is 0 Å². The minimum absolute atomic E-state index is 0.0160. The van der Waals surface area contributed by atoms with E-state index in [0.717, 1.165) is 11.1 Å². The number of sulfone groups is 1. The molecule has 0 N–H and O–H groups in total. The zero-order valence-electron chi connectivity index (χ0n) is 13.7. The van der Waals surface area contributed by atoms with E-state index < -0.39 is 9.84 Å². The van der Waals surface area contributed by atoms with Gasteiger partial charge in [-0.25, -0.2) is 13.1 Å². The molecule has 1 saturated heterocycles. The number of aromatic nitrogens is 2. The van der Waals surface area contributed by atoms with Gasteiger partial charge in [-0.05, 0) is 25.0 Å². The van der Waals surface area contributed by atoms with Crippen molar-refractivity contribution < 1.29 is 13.2 Å². The molecule has 0 bridgehead atoms. The summed E-state index contributed by atoms with van der Waals surface area (Å²) in [6.07, 6.45) is 2.89. The van der Waals surface area contributed by atoms with Crippen molar-refractivity contribution in [3.8, 4) is 0 Å². The second-order valence-corrected chi connectivity index (χ2v) is 9.21. The monoisotopic (exact) mass is 376 g/mol. The standard InChI is InChI=1S/C18H17ClN2O3S/c1-11-16(9-13-8-12-4-2-3-5-15(12)17(13)22)18(19)21(20-11)14-6-7-25(23,24)10-14/h2-5,9,14H,6-8,10H2,1H3/b13-9+/t14-/m0/s1. The number of Topliss-reactive ketones (excluding diaryl/α,β-unsaturated/α-hetero) is 1. The molecule has 1 aliphatic carbocycles. The molecule has 4 rings (SSSR count). The Morgan fingerprint density at radius 1 is 1.32 bits per heavy atom. The summed E-state index contributed by atoms with van der Waals surface area (Å²) in [7, 11) is -3.02. The topological polar surface area (TPSA) is 69.0 Å². The Hall–Kier alpha value is -1.92. The molecule has 1 aliphatic heterocycles. The van der Waals surface area contributed by atoms with Crippen LogP contribution in [0, 0.1) is 6.92 Å². The number of rotatable bonds is 2. The zero-order valence-corrected chi connectivity index (χ0v) is 15.3. The number of halogens is 1. The lowest BCUT2D eigenvalue weighted by atomic mass is 10.1. The molecule has 7 heteroatoms. The molecule has 25 heavy (non-hydrogen) atoms. The highest BCUT2D eigenvalue weighted by atomic mass is 35.5. The highest BCUT2D eigenvalue weighted by Crippen LogP contribution is 2.33. The van der Waals surface area contributed by atoms with E-state index in [1.165, 1.54) is 0 Å². The summed E-state index contributed by atoms with van der Waals surface area (Å²) in [5.74, 6) is 0.244. The van der Waals surface area contributed by atoms with E-state index in [4.69, 9.17) is 11.6 Å². The van der Waals surface area contributed by atoms with Crippen LogP contribution in [0.4, 0.5) is 0 Å². The molecule has 1 aromatic carbocycles. The molecule has 0 amide bonds. The largest absolute Gasteiger partial charge is 0.289 e. The smallest absolute Gasteiger partial charge is 0.189 e. The van der Waals surface area contributed by atoms with Gasteiger partial charge in [0, 0.05) is 23.1 Å². The van der Waals surface area contributed by atoms with Gasteiger partial charge >= 0.3 is 0 Å². The molecule has 2 heterocycles. The molecule has 130 valence electrons. The first-order valence-electron chi connectivity index (χ1n) is 8.14. The van der Waals surface area contributed by atoms with Crippen molar-refractivity contribution in [2.75, 3.05) is 11.5 Å². The van der Waals surface area contributed by atoms with E-state index >= 15 is 0 Å². The Morgan fingerprint density at radius 3 is 2.76 bits per heavy atom. The van der Waals surface area contributed by atoms with Gasteiger partial charge in [0.1, 0.15) is 5.15 Å². The summed E-state index contributed by atoms with van der Waals surface area (Å²) in [4.78, 5) is 12.6. The fourth-order valence-electron chi connectivity index (χ4n) is 3.55. The second kappa shape index (κ2) is 5.81. The van der Waals surface area contributed by atoms with Crippen LogP contribution in [-0.2, 0) is 16.3 Å². The van der Waals surface area contributed by atoms with E-state index in [9.17, 15) is 13.2 Å². The molecule has 1 fully saturated rings. The van der Waals surface area contributed by atoms with Crippen molar-refractivity contribution in [1.29, 1.82) is 0 Å². The summed E-state index contributed by atoms with van der Waals surface area (Å²) in [5.41, 5.74) is 3.83. The fraction of sp³-hybridized carbons (Fsp3) is 0.333. The van der Waals surface area contributed by atoms with Gasteiger partial charge in [0.15, 0.2) is 15.6 Å². The number of aryl methyl sites for hydroxylation is 1. The molecular formula is C18H17ClN2O3S. The molecule has 0 saturated carbocycles. The van der Waals surface area contributed by atoms with Crippen molar-refractivity contribution in [3.05, 3.63) is 57.4 Å². The van der Waals surface area contributed by atoms with Crippen LogP contribution < -0.4 is 0 Å². The van der Waals surface area contributed by atoms with Crippen molar-refractivity contribution in [3.63, 3.8) is 0 Å². The molecular weight excluding hydrogens is 360 g/mol. The fourth-order valence-corrected chi connectivity index (χ4v) is 5.61. The first-order chi connectivity index (χ1) is 11.9. The number of hydrogen-bond acceptors (Lipinski definition) is 4. The molecule has 0 radical (unpaired) electrons. The van der Waals surface area contributed by atoms with Crippen LogP contribution in [0.2, 0.25) is 5.15 Å². The highest BCUT2D eigenvalue weighted by molar-refractivity contribution is 7.91. The van der Waals surface area contributed by atoms with Crippen molar-refractivity contribution in [2.45, 2.75) is 25.8 Å². The second-order valence-electron chi connectivity index (χ2n) is 6.62. The Bertz CT molecular complexity index is 1020. The van der Waals surface area contributed by atoms with E-state index in [1.807, 2.05) is 31.2 Å². The van der Waals surface area contributed by atoms with Gasteiger partial charge in [-0.2, -0.15) is 5.10 Å². The predicted octanol–water partition coefficient (Wildman–Crippen LogP) is 3.03. The van der Waals surface area contributed by atoms with Crippen LogP contribution in [0.15, 0.2) is 29.8 Å². The number of carbonyl (C=O) groups is 1. The number of allylic oxidation sites excluding steroid dienone is 1. The van der Waals surface area contributed by atoms with Crippen LogP contribution >= 0.6 is 11.6 Å². The molecule has 5 nitrogen and oxygen atoms in total. The van der Waals surface area contributed by atoms with Crippen molar-refractivity contribution in [2.24, 2.45) is 0 Å². The molecule has 2 aliphatic rings. The Balaban J connectivity index is 1.70. The summed E-state index contributed by atoms with van der Waals surface area (Å²) in [6, 6.07) is 7.33. The van der Waals surface area contributed by atoms with E-state index in [0.29, 0.717) is 34.8 Å². The van der Waals surface area contributed by atoms with Gasteiger partial charge in [0.25, 0.3) is 0 Å². The number of carbonyl (C=O) groups excluding carboxylic acids is 1. The summed E-state index contributed by atoms with van der Waals surface area (Å²) >= 11 is 6.49. The number of benzene rings is 1. The van der Waals surface area contributed by atoms with Crippen LogP contribution in [0.25, 0.3) is 6.08 Å². The first-order valence-corrected chi connectivity index (χ1v) is 10.3. The van der Waals surface area contributed by atoms with Crippen LogP contribution in [0.1, 0.15) is 39.6 Å². The molecule has 2 aromatic rings. The first kappa shape index (κ1) is 16.5. The summed E-state index contributed by atoms with van der Waals surface area (Å²) < 4.78 is 25.0. The van der Waals surface area contributed by atoms with Gasteiger partial charge in [-0.1, -0.05) is 35.9 Å². The maximum atomic E-state index is 12.6. The Kier molecular flexibility index (Phi) is 3.85.